The van der Waals surface area contributed by atoms with Crippen LogP contribution in [0.3, 0.4) is 0 Å². The van der Waals surface area contributed by atoms with Crippen molar-refractivity contribution in [3.05, 3.63) is 53.3 Å². The molecule has 8 nitrogen and oxygen atoms in total. The van der Waals surface area contributed by atoms with Crippen molar-refractivity contribution in [1.82, 2.24) is 34.7 Å². The van der Waals surface area contributed by atoms with Crippen LogP contribution in [0, 0.1) is 10.6 Å². The monoisotopic (exact) mass is 372 g/mol. The minimum absolute atomic E-state index is 0.335. The lowest BCUT2D eigenvalue weighted by Gasteiger charge is -2.34. The van der Waals surface area contributed by atoms with Crippen LogP contribution in [0.1, 0.15) is 0 Å². The van der Waals surface area contributed by atoms with E-state index >= 15 is 0 Å². The Hall–Kier alpha value is -2.72. The molecule has 2 aromatic heterocycles. The van der Waals surface area contributed by atoms with Crippen LogP contribution >= 0.6 is 12.2 Å². The lowest BCUT2D eigenvalue weighted by molar-refractivity contribution is 0.192. The van der Waals surface area contributed by atoms with Gasteiger partial charge in [-0.15, -0.1) is 0 Å². The van der Waals surface area contributed by atoms with Gasteiger partial charge < -0.3 is 4.90 Å². The van der Waals surface area contributed by atoms with Gasteiger partial charge >= 0.3 is 0 Å². The summed E-state index contributed by atoms with van der Waals surface area (Å²) in [5, 5.41) is 8.17. The highest BCUT2D eigenvalue weighted by molar-refractivity contribution is 7.71. The lowest BCUT2D eigenvalue weighted by atomic mass is 10.3. The molecule has 0 saturated carbocycles. The van der Waals surface area contributed by atoms with Gasteiger partial charge in [0.25, 0.3) is 0 Å². The first-order chi connectivity index (χ1) is 12.7. The van der Waals surface area contributed by atoms with E-state index in [0.29, 0.717) is 17.1 Å². The largest absolute Gasteiger partial charge is 0.338 e. The van der Waals surface area contributed by atoms with E-state index in [9.17, 15) is 4.39 Å². The van der Waals surface area contributed by atoms with E-state index in [1.54, 1.807) is 29.2 Å². The summed E-state index contributed by atoms with van der Waals surface area (Å²) in [6.07, 6.45) is 3.50. The minimum Gasteiger partial charge on any atom is -0.338 e. The Morgan fingerprint density at radius 3 is 2.50 bits per heavy atom. The molecule has 1 saturated heterocycles. The quantitative estimate of drug-likeness (QED) is 0.643. The molecule has 1 fully saturated rings. The van der Waals surface area contributed by atoms with E-state index in [4.69, 9.17) is 12.2 Å². The van der Waals surface area contributed by atoms with Crippen LogP contribution in [0.2, 0.25) is 0 Å². The number of hydrogen-bond donors (Lipinski definition) is 0. The molecule has 134 valence electrons. The Kier molecular flexibility index (Phi) is 4.67. The molecule has 3 aromatic rings. The van der Waals surface area contributed by atoms with E-state index in [1.807, 2.05) is 6.07 Å². The summed E-state index contributed by atoms with van der Waals surface area (Å²) >= 11 is 5.44. The smallest absolute Gasteiger partial charge is 0.225 e. The summed E-state index contributed by atoms with van der Waals surface area (Å²) in [7, 11) is 0. The van der Waals surface area contributed by atoms with Crippen molar-refractivity contribution in [3.8, 4) is 5.69 Å². The average molecular weight is 372 g/mol. The van der Waals surface area contributed by atoms with Crippen molar-refractivity contribution in [2.45, 2.75) is 6.67 Å². The second-order valence-corrected chi connectivity index (χ2v) is 6.31. The summed E-state index contributed by atoms with van der Waals surface area (Å²) in [6.45, 7) is 3.88. The minimum atomic E-state index is -0.335. The molecule has 1 aliphatic heterocycles. The Morgan fingerprint density at radius 1 is 1.00 bits per heavy atom. The molecule has 0 radical (unpaired) electrons. The molecular formula is C16H17FN8S. The van der Waals surface area contributed by atoms with Gasteiger partial charge in [0.1, 0.15) is 5.82 Å². The first kappa shape index (κ1) is 16.7. The van der Waals surface area contributed by atoms with Crippen LogP contribution < -0.4 is 4.90 Å². The molecule has 3 heterocycles. The number of benzene rings is 1. The molecule has 0 bridgehead atoms. The van der Waals surface area contributed by atoms with E-state index in [2.05, 4.69) is 30.2 Å². The van der Waals surface area contributed by atoms with Crippen molar-refractivity contribution in [3.63, 3.8) is 0 Å². The number of tetrazole rings is 1. The average Bonchev–Trinajstić information content (AvgIpc) is 3.03. The molecule has 26 heavy (non-hydrogen) atoms. The summed E-state index contributed by atoms with van der Waals surface area (Å²) < 4.78 is 17.0. The molecule has 10 heteroatoms. The zero-order valence-electron chi connectivity index (χ0n) is 13.9. The van der Waals surface area contributed by atoms with Crippen molar-refractivity contribution in [2.24, 2.45) is 0 Å². The number of rotatable bonds is 4. The summed E-state index contributed by atoms with van der Waals surface area (Å²) in [5.41, 5.74) is 0.562. The third-order valence-electron chi connectivity index (χ3n) is 4.23. The lowest BCUT2D eigenvalue weighted by Crippen LogP contribution is -2.47. The van der Waals surface area contributed by atoms with Gasteiger partial charge in [0.15, 0.2) is 0 Å². The Balaban J connectivity index is 1.42. The highest BCUT2D eigenvalue weighted by Gasteiger charge is 2.19. The second-order valence-electron chi connectivity index (χ2n) is 5.95. The van der Waals surface area contributed by atoms with Crippen molar-refractivity contribution in [1.29, 1.82) is 0 Å². The molecule has 0 amide bonds. The molecule has 0 unspecified atom stereocenters. The van der Waals surface area contributed by atoms with Gasteiger partial charge in [-0.25, -0.2) is 19.0 Å². The zero-order chi connectivity index (χ0) is 17.9. The fraction of sp³-hybridized carbons (Fsp3) is 0.312. The van der Waals surface area contributed by atoms with E-state index in [-0.39, 0.29) is 5.82 Å². The van der Waals surface area contributed by atoms with Crippen LogP contribution in [0.25, 0.3) is 5.69 Å². The molecule has 4 rings (SSSR count). The van der Waals surface area contributed by atoms with Gasteiger partial charge in [-0.1, -0.05) is 6.07 Å². The maximum absolute atomic E-state index is 13.4. The van der Waals surface area contributed by atoms with E-state index in [0.717, 1.165) is 32.1 Å². The number of aromatic nitrogens is 6. The second kappa shape index (κ2) is 7.26. The first-order valence-corrected chi connectivity index (χ1v) is 8.64. The highest BCUT2D eigenvalue weighted by Crippen LogP contribution is 2.12. The predicted octanol–water partition coefficient (Wildman–Crippen LogP) is 1.51. The van der Waals surface area contributed by atoms with Crippen molar-refractivity contribution in [2.75, 3.05) is 31.1 Å². The first-order valence-electron chi connectivity index (χ1n) is 8.24. The SMILES string of the molecule is Fc1cccc(-n2nnn(CN3CCN(c4ncccn4)CC3)c2=S)c1. The van der Waals surface area contributed by atoms with Crippen molar-refractivity contribution < 1.29 is 4.39 Å². The number of piperazine rings is 1. The number of nitrogens with zero attached hydrogens (tertiary/aromatic N) is 8. The van der Waals surface area contributed by atoms with Gasteiger partial charge in [-0.2, -0.15) is 4.68 Å². The maximum Gasteiger partial charge on any atom is 0.225 e. The molecule has 0 aliphatic carbocycles. The van der Waals surface area contributed by atoms with Crippen molar-refractivity contribution >= 4 is 18.2 Å². The molecule has 0 N–H and O–H groups in total. The van der Waals surface area contributed by atoms with Gasteiger partial charge in [-0.3, -0.25) is 4.90 Å². The summed E-state index contributed by atoms with van der Waals surface area (Å²) in [4.78, 5) is 13.0. The van der Waals surface area contributed by atoms with Crippen LogP contribution in [-0.2, 0) is 6.67 Å². The summed E-state index contributed by atoms with van der Waals surface area (Å²) in [6, 6.07) is 7.94. The van der Waals surface area contributed by atoms with Gasteiger partial charge in [-0.05, 0) is 46.9 Å². The predicted molar refractivity (Wildman–Crippen MR) is 96.0 cm³/mol. The normalized spacial score (nSPS) is 15.3. The van der Waals surface area contributed by atoms with Gasteiger partial charge in [0.2, 0.25) is 10.7 Å². The Labute approximate surface area is 154 Å². The van der Waals surface area contributed by atoms with E-state index < -0.39 is 0 Å². The Bertz CT molecular complexity index is 933. The molecular weight excluding hydrogens is 355 g/mol. The number of anilines is 1. The Morgan fingerprint density at radius 2 is 1.77 bits per heavy atom. The fourth-order valence-corrected chi connectivity index (χ4v) is 3.10. The van der Waals surface area contributed by atoms with Crippen LogP contribution in [0.4, 0.5) is 10.3 Å². The van der Waals surface area contributed by atoms with Crippen LogP contribution in [0.15, 0.2) is 42.7 Å². The standard InChI is InChI=1S/C16H17FN8S/c17-13-3-1-4-14(11-13)25-16(26)24(20-21-25)12-22-7-9-23(10-8-22)15-18-5-2-6-19-15/h1-6,11H,7-10,12H2. The number of halogens is 1. The van der Waals surface area contributed by atoms with Gasteiger partial charge in [0.05, 0.1) is 12.4 Å². The zero-order valence-corrected chi connectivity index (χ0v) is 14.8. The molecule has 0 spiro atoms. The van der Waals surface area contributed by atoms with Crippen LogP contribution in [-0.4, -0.2) is 60.8 Å². The maximum atomic E-state index is 13.4. The topological polar surface area (TPSA) is 67.9 Å². The third-order valence-corrected chi connectivity index (χ3v) is 4.62. The highest BCUT2D eigenvalue weighted by atomic mass is 32.1. The van der Waals surface area contributed by atoms with E-state index in [1.165, 1.54) is 16.8 Å². The van der Waals surface area contributed by atoms with Gasteiger partial charge in [0, 0.05) is 38.6 Å². The molecule has 1 aliphatic rings. The van der Waals surface area contributed by atoms with Crippen LogP contribution in [0.5, 0.6) is 0 Å². The third kappa shape index (κ3) is 3.46. The number of hydrogen-bond acceptors (Lipinski definition) is 7. The molecule has 0 atom stereocenters. The molecule has 1 aromatic carbocycles. The summed E-state index contributed by atoms with van der Waals surface area (Å²) in [5.74, 6) is 0.416. The fourth-order valence-electron chi connectivity index (χ4n) is 2.87.